The van der Waals surface area contributed by atoms with Gasteiger partial charge < -0.3 is 4.90 Å². The Balaban J connectivity index is 4.00. The molecule has 0 fully saturated rings. The molecule has 0 aromatic carbocycles. The molecular formula is C8H17NOS2. The average molecular weight is 207 g/mol. The summed E-state index contributed by atoms with van der Waals surface area (Å²) < 4.78 is 0. The number of hydrogen-bond donors (Lipinski definition) is 1. The first-order chi connectivity index (χ1) is 5.67. The first-order valence-corrected chi connectivity index (χ1v) is 6.05. The van der Waals surface area contributed by atoms with E-state index in [0.717, 1.165) is 12.2 Å². The minimum atomic E-state index is 0.110. The zero-order valence-corrected chi connectivity index (χ0v) is 9.62. The monoisotopic (exact) mass is 207 g/mol. The summed E-state index contributed by atoms with van der Waals surface area (Å²) in [4.78, 5) is 13.0. The van der Waals surface area contributed by atoms with Crippen molar-refractivity contribution in [1.82, 2.24) is 4.90 Å². The van der Waals surface area contributed by atoms with Crippen molar-refractivity contribution in [3.8, 4) is 0 Å². The predicted octanol–water partition coefficient (Wildman–Crippen LogP) is 1.52. The van der Waals surface area contributed by atoms with Crippen molar-refractivity contribution < 1.29 is 4.79 Å². The van der Waals surface area contributed by atoms with Gasteiger partial charge in [0.05, 0.1) is 5.75 Å². The Hall–Kier alpha value is 0.170. The van der Waals surface area contributed by atoms with E-state index < -0.39 is 0 Å². The predicted molar refractivity (Wildman–Crippen MR) is 59.1 cm³/mol. The van der Waals surface area contributed by atoms with Crippen molar-refractivity contribution >= 4 is 30.3 Å². The molecule has 0 radical (unpaired) electrons. The van der Waals surface area contributed by atoms with Crippen molar-refractivity contribution in [2.24, 2.45) is 0 Å². The van der Waals surface area contributed by atoms with E-state index in [9.17, 15) is 4.79 Å². The van der Waals surface area contributed by atoms with Gasteiger partial charge in [-0.15, -0.1) is 0 Å². The van der Waals surface area contributed by atoms with Crippen molar-refractivity contribution in [3.63, 3.8) is 0 Å². The molecule has 12 heavy (non-hydrogen) atoms. The van der Waals surface area contributed by atoms with Gasteiger partial charge in [0, 0.05) is 18.8 Å². The Kier molecular flexibility index (Phi) is 6.76. The summed E-state index contributed by atoms with van der Waals surface area (Å²) in [7, 11) is 1.85. The molecule has 0 aromatic rings. The maximum Gasteiger partial charge on any atom is 0.232 e. The number of hydrogen-bond acceptors (Lipinski definition) is 3. The fourth-order valence-corrected chi connectivity index (χ4v) is 2.08. The van der Waals surface area contributed by atoms with Gasteiger partial charge in [-0.05, 0) is 12.7 Å². The summed E-state index contributed by atoms with van der Waals surface area (Å²) in [6.45, 7) is 2.10. The molecule has 0 bridgehead atoms. The molecule has 0 spiro atoms. The lowest BCUT2D eigenvalue weighted by Gasteiger charge is -2.26. The van der Waals surface area contributed by atoms with Crippen LogP contribution in [0.4, 0.5) is 0 Å². The van der Waals surface area contributed by atoms with Crippen LogP contribution in [0.25, 0.3) is 0 Å². The van der Waals surface area contributed by atoms with E-state index in [1.54, 1.807) is 16.7 Å². The van der Waals surface area contributed by atoms with Gasteiger partial charge >= 0.3 is 0 Å². The Morgan fingerprint density at radius 1 is 1.67 bits per heavy atom. The van der Waals surface area contributed by atoms with Gasteiger partial charge in [-0.25, -0.2) is 0 Å². The number of carbonyl (C=O) groups is 1. The molecule has 0 saturated heterocycles. The number of amides is 1. The van der Waals surface area contributed by atoms with Crippen LogP contribution in [0.5, 0.6) is 0 Å². The third-order valence-corrected chi connectivity index (χ3v) is 2.90. The third kappa shape index (κ3) is 3.72. The molecule has 0 rings (SSSR count). The molecule has 0 N–H and O–H groups in total. The highest BCUT2D eigenvalue weighted by molar-refractivity contribution is 7.98. The maximum atomic E-state index is 11.2. The normalized spacial score (nSPS) is 12.7. The molecule has 0 aromatic heterocycles. The number of rotatable bonds is 5. The Morgan fingerprint density at radius 3 is 2.58 bits per heavy atom. The molecule has 0 aliphatic rings. The zero-order chi connectivity index (χ0) is 9.56. The van der Waals surface area contributed by atoms with Gasteiger partial charge in [0.1, 0.15) is 0 Å². The smallest absolute Gasteiger partial charge is 0.232 e. The first kappa shape index (κ1) is 12.2. The summed E-state index contributed by atoms with van der Waals surface area (Å²) in [6, 6.07) is 0.361. The van der Waals surface area contributed by atoms with Crippen LogP contribution >= 0.6 is 24.4 Å². The molecule has 0 aliphatic heterocycles. The van der Waals surface area contributed by atoms with Gasteiger partial charge in [0.2, 0.25) is 5.91 Å². The van der Waals surface area contributed by atoms with Crippen LogP contribution in [0.3, 0.4) is 0 Å². The van der Waals surface area contributed by atoms with E-state index in [1.165, 1.54) is 0 Å². The van der Waals surface area contributed by atoms with E-state index in [4.69, 9.17) is 0 Å². The number of carbonyl (C=O) groups excluding carboxylic acids is 1. The van der Waals surface area contributed by atoms with E-state index in [2.05, 4.69) is 25.8 Å². The van der Waals surface area contributed by atoms with Gasteiger partial charge in [0.25, 0.3) is 0 Å². The minimum Gasteiger partial charge on any atom is -0.341 e. The van der Waals surface area contributed by atoms with Gasteiger partial charge in [-0.1, -0.05) is 6.92 Å². The van der Waals surface area contributed by atoms with Crippen LogP contribution in [-0.2, 0) is 4.79 Å². The minimum absolute atomic E-state index is 0.110. The highest BCUT2D eigenvalue weighted by Gasteiger charge is 2.15. The highest BCUT2D eigenvalue weighted by atomic mass is 32.2. The van der Waals surface area contributed by atoms with Crippen molar-refractivity contribution in [3.05, 3.63) is 0 Å². The van der Waals surface area contributed by atoms with E-state index >= 15 is 0 Å². The highest BCUT2D eigenvalue weighted by Crippen LogP contribution is 2.08. The standard InChI is InChI=1S/C8H17NOS2/c1-4-7(6-12-3)9(2)8(10)5-11/h7,11H,4-6H2,1-3H3. The molecule has 1 amide bonds. The summed E-state index contributed by atoms with van der Waals surface area (Å²) in [6.07, 6.45) is 3.07. The summed E-state index contributed by atoms with van der Waals surface area (Å²) in [5.74, 6) is 1.42. The molecule has 1 unspecified atom stereocenters. The lowest BCUT2D eigenvalue weighted by molar-refractivity contribution is -0.128. The third-order valence-electron chi connectivity index (χ3n) is 1.91. The molecule has 4 heteroatoms. The number of thiol groups is 1. The molecule has 0 aliphatic carbocycles. The van der Waals surface area contributed by atoms with E-state index in [0.29, 0.717) is 11.8 Å². The van der Waals surface area contributed by atoms with Crippen molar-refractivity contribution in [1.29, 1.82) is 0 Å². The Morgan fingerprint density at radius 2 is 2.25 bits per heavy atom. The molecule has 0 heterocycles. The van der Waals surface area contributed by atoms with E-state index in [1.807, 2.05) is 7.05 Å². The quantitative estimate of drug-likeness (QED) is 0.690. The summed E-state index contributed by atoms with van der Waals surface area (Å²) in [5, 5.41) is 0. The maximum absolute atomic E-state index is 11.2. The molecule has 0 saturated carbocycles. The lowest BCUT2D eigenvalue weighted by Crippen LogP contribution is -2.38. The largest absolute Gasteiger partial charge is 0.341 e. The second-order valence-corrected chi connectivity index (χ2v) is 3.91. The number of thioether (sulfide) groups is 1. The topological polar surface area (TPSA) is 20.3 Å². The summed E-state index contributed by atoms with van der Waals surface area (Å²) >= 11 is 5.73. The van der Waals surface area contributed by atoms with Crippen LogP contribution in [0.15, 0.2) is 0 Å². The van der Waals surface area contributed by atoms with Crippen molar-refractivity contribution in [2.45, 2.75) is 19.4 Å². The second kappa shape index (κ2) is 6.66. The van der Waals surface area contributed by atoms with Crippen LogP contribution in [0.2, 0.25) is 0 Å². The molecular weight excluding hydrogens is 190 g/mol. The first-order valence-electron chi connectivity index (χ1n) is 4.02. The molecule has 72 valence electrons. The van der Waals surface area contributed by atoms with Crippen molar-refractivity contribution in [2.75, 3.05) is 24.8 Å². The zero-order valence-electron chi connectivity index (χ0n) is 7.91. The molecule has 2 nitrogen and oxygen atoms in total. The fraction of sp³-hybridized carbons (Fsp3) is 0.875. The van der Waals surface area contributed by atoms with Gasteiger partial charge in [-0.2, -0.15) is 24.4 Å². The van der Waals surface area contributed by atoms with Crippen LogP contribution in [0, 0.1) is 0 Å². The fourth-order valence-electron chi connectivity index (χ4n) is 1.01. The SMILES string of the molecule is CCC(CSC)N(C)C(=O)CS. The van der Waals surface area contributed by atoms with Gasteiger partial charge in [-0.3, -0.25) is 4.79 Å². The number of nitrogens with zero attached hydrogens (tertiary/aromatic N) is 1. The average Bonchev–Trinajstić information content (AvgIpc) is 2.11. The Labute approximate surface area is 84.5 Å². The summed E-state index contributed by atoms with van der Waals surface area (Å²) in [5.41, 5.74) is 0. The van der Waals surface area contributed by atoms with Crippen LogP contribution in [-0.4, -0.2) is 41.7 Å². The van der Waals surface area contributed by atoms with E-state index in [-0.39, 0.29) is 5.91 Å². The Bertz CT molecular complexity index is 141. The van der Waals surface area contributed by atoms with Gasteiger partial charge in [0.15, 0.2) is 0 Å². The second-order valence-electron chi connectivity index (χ2n) is 2.68. The van der Waals surface area contributed by atoms with Crippen LogP contribution in [0.1, 0.15) is 13.3 Å². The molecule has 1 atom stereocenters. The lowest BCUT2D eigenvalue weighted by atomic mass is 10.2. The van der Waals surface area contributed by atoms with Crippen LogP contribution < -0.4 is 0 Å².